The normalized spacial score (nSPS) is 27.0. The lowest BCUT2D eigenvalue weighted by Gasteiger charge is -2.27. The molecule has 2 fully saturated rings. The minimum Gasteiger partial charge on any atom is -0.315 e. The molecule has 1 aromatic rings. The van der Waals surface area contributed by atoms with Crippen LogP contribution in [0.25, 0.3) is 0 Å². The Balaban J connectivity index is 1.92. The van der Waals surface area contributed by atoms with Crippen LogP contribution >= 0.6 is 0 Å². The molecule has 0 spiro atoms. The lowest BCUT2D eigenvalue weighted by molar-refractivity contribution is 0.334. The van der Waals surface area contributed by atoms with E-state index >= 15 is 0 Å². The number of nitrogens with one attached hydrogen (secondary N) is 1. The van der Waals surface area contributed by atoms with Crippen molar-refractivity contribution in [3.63, 3.8) is 0 Å². The third-order valence-corrected chi connectivity index (χ3v) is 6.73. The molecule has 2 heterocycles. The maximum Gasteiger partial charge on any atom is 0.243 e. The zero-order valence-electron chi connectivity index (χ0n) is 12.7. The predicted molar refractivity (Wildman–Crippen MR) is 83.9 cm³/mol. The molecule has 0 amide bonds. The number of rotatable bonds is 3. The maximum atomic E-state index is 13.0. The van der Waals surface area contributed by atoms with E-state index in [9.17, 15) is 8.42 Å². The van der Waals surface area contributed by atoms with E-state index in [1.54, 1.807) is 16.4 Å². The molecule has 0 aromatic heterocycles. The highest BCUT2D eigenvalue weighted by Gasteiger charge is 2.42. The van der Waals surface area contributed by atoms with Crippen LogP contribution in [0.5, 0.6) is 0 Å². The van der Waals surface area contributed by atoms with Crippen molar-refractivity contribution in [2.75, 3.05) is 13.1 Å². The van der Waals surface area contributed by atoms with Crippen LogP contribution in [0.4, 0.5) is 0 Å². The standard InChI is InChI=1S/C16H24N2O2S/c1-12(2)13-3-7-16(8-4-13)21(19,20)18-14-5-6-15(18)11-17-10-9-14/h3-4,7-8,12,14-15,17H,5-6,9-11H2,1-2H3. The van der Waals surface area contributed by atoms with Gasteiger partial charge in [0.25, 0.3) is 0 Å². The Kier molecular flexibility index (Phi) is 4.08. The van der Waals surface area contributed by atoms with E-state index in [4.69, 9.17) is 0 Å². The van der Waals surface area contributed by atoms with E-state index in [1.807, 2.05) is 12.1 Å². The third-order valence-electron chi connectivity index (χ3n) is 4.71. The fraction of sp³-hybridized carbons (Fsp3) is 0.625. The monoisotopic (exact) mass is 308 g/mol. The first-order valence-electron chi connectivity index (χ1n) is 7.84. The molecule has 4 nitrogen and oxygen atoms in total. The summed E-state index contributed by atoms with van der Waals surface area (Å²) in [5, 5.41) is 3.35. The van der Waals surface area contributed by atoms with Crippen molar-refractivity contribution in [1.29, 1.82) is 0 Å². The van der Waals surface area contributed by atoms with E-state index in [-0.39, 0.29) is 12.1 Å². The molecule has 5 heteroatoms. The van der Waals surface area contributed by atoms with Crippen molar-refractivity contribution >= 4 is 10.0 Å². The van der Waals surface area contributed by atoms with Gasteiger partial charge < -0.3 is 5.32 Å². The van der Waals surface area contributed by atoms with E-state index in [2.05, 4.69) is 19.2 Å². The van der Waals surface area contributed by atoms with Gasteiger partial charge in [-0.15, -0.1) is 0 Å². The van der Waals surface area contributed by atoms with Gasteiger partial charge in [0, 0.05) is 18.6 Å². The van der Waals surface area contributed by atoms with Crippen LogP contribution in [0.1, 0.15) is 44.6 Å². The molecule has 2 saturated heterocycles. The molecule has 1 aromatic carbocycles. The second kappa shape index (κ2) is 5.71. The Hall–Kier alpha value is -0.910. The van der Waals surface area contributed by atoms with Gasteiger partial charge in [-0.1, -0.05) is 26.0 Å². The van der Waals surface area contributed by atoms with E-state index in [0.29, 0.717) is 10.8 Å². The van der Waals surface area contributed by atoms with Crippen LogP contribution in [-0.2, 0) is 10.0 Å². The second-order valence-corrected chi connectivity index (χ2v) is 8.28. The molecule has 0 radical (unpaired) electrons. The van der Waals surface area contributed by atoms with E-state index < -0.39 is 10.0 Å². The van der Waals surface area contributed by atoms with E-state index in [0.717, 1.165) is 32.4 Å². The molecule has 1 N–H and O–H groups in total. The largest absolute Gasteiger partial charge is 0.315 e. The lowest BCUT2D eigenvalue weighted by atomic mass is 10.0. The first-order chi connectivity index (χ1) is 10.00. The topological polar surface area (TPSA) is 49.4 Å². The van der Waals surface area contributed by atoms with Crippen molar-refractivity contribution in [2.45, 2.75) is 56.0 Å². The first kappa shape index (κ1) is 15.0. The average molecular weight is 308 g/mol. The summed E-state index contributed by atoms with van der Waals surface area (Å²) < 4.78 is 27.7. The molecule has 0 saturated carbocycles. The second-order valence-electron chi connectivity index (χ2n) is 6.44. The molecule has 0 aliphatic carbocycles. The van der Waals surface area contributed by atoms with Gasteiger partial charge >= 0.3 is 0 Å². The summed E-state index contributed by atoms with van der Waals surface area (Å²) in [6.45, 7) is 5.92. The number of hydrogen-bond acceptors (Lipinski definition) is 3. The number of fused-ring (bicyclic) bond motifs is 2. The van der Waals surface area contributed by atoms with Crippen molar-refractivity contribution < 1.29 is 8.42 Å². The van der Waals surface area contributed by atoms with Crippen LogP contribution in [0.2, 0.25) is 0 Å². The van der Waals surface area contributed by atoms with Gasteiger partial charge in [0.05, 0.1) is 4.90 Å². The molecule has 2 unspecified atom stereocenters. The van der Waals surface area contributed by atoms with Crippen LogP contribution in [0.15, 0.2) is 29.2 Å². The molecule has 21 heavy (non-hydrogen) atoms. The van der Waals surface area contributed by atoms with Crippen molar-refractivity contribution in [3.8, 4) is 0 Å². The number of hydrogen-bond donors (Lipinski definition) is 1. The fourth-order valence-electron chi connectivity index (χ4n) is 3.48. The first-order valence-corrected chi connectivity index (χ1v) is 9.28. The van der Waals surface area contributed by atoms with Gasteiger partial charge in [0.15, 0.2) is 0 Å². The quantitative estimate of drug-likeness (QED) is 0.932. The van der Waals surface area contributed by atoms with Crippen LogP contribution in [-0.4, -0.2) is 37.9 Å². The summed E-state index contributed by atoms with van der Waals surface area (Å²) in [7, 11) is -3.37. The lowest BCUT2D eigenvalue weighted by Crippen LogP contribution is -2.42. The molecule has 2 aliphatic rings. The van der Waals surface area contributed by atoms with Crippen LogP contribution in [0, 0.1) is 0 Å². The summed E-state index contributed by atoms with van der Waals surface area (Å²) in [4.78, 5) is 0.436. The maximum absolute atomic E-state index is 13.0. The molecule has 116 valence electrons. The summed E-state index contributed by atoms with van der Waals surface area (Å²) in [5.74, 6) is 0.417. The Labute approximate surface area is 127 Å². The van der Waals surface area contributed by atoms with Gasteiger partial charge in [-0.05, 0) is 49.4 Å². The highest BCUT2D eigenvalue weighted by Crippen LogP contribution is 2.34. The Morgan fingerprint density at radius 3 is 2.43 bits per heavy atom. The van der Waals surface area contributed by atoms with Crippen molar-refractivity contribution in [1.82, 2.24) is 9.62 Å². The highest BCUT2D eigenvalue weighted by atomic mass is 32.2. The minimum atomic E-state index is -3.37. The molecule has 2 aliphatic heterocycles. The minimum absolute atomic E-state index is 0.118. The van der Waals surface area contributed by atoms with Gasteiger partial charge in [0.1, 0.15) is 0 Å². The molecule has 2 bridgehead atoms. The van der Waals surface area contributed by atoms with Crippen LogP contribution < -0.4 is 5.32 Å². The highest BCUT2D eigenvalue weighted by molar-refractivity contribution is 7.89. The summed E-state index contributed by atoms with van der Waals surface area (Å²) in [6, 6.07) is 7.70. The Bertz CT molecular complexity index is 581. The third kappa shape index (κ3) is 2.74. The number of nitrogens with zero attached hydrogens (tertiary/aromatic N) is 1. The van der Waals surface area contributed by atoms with Crippen LogP contribution in [0.3, 0.4) is 0 Å². The zero-order chi connectivity index (χ0) is 15.0. The smallest absolute Gasteiger partial charge is 0.243 e. The molecular weight excluding hydrogens is 284 g/mol. The number of benzene rings is 1. The van der Waals surface area contributed by atoms with Gasteiger partial charge in [0.2, 0.25) is 10.0 Å². The molecule has 3 rings (SSSR count). The van der Waals surface area contributed by atoms with Gasteiger partial charge in [-0.2, -0.15) is 4.31 Å². The fourth-order valence-corrected chi connectivity index (χ4v) is 5.38. The van der Waals surface area contributed by atoms with Gasteiger partial charge in [-0.25, -0.2) is 8.42 Å². The number of sulfonamides is 1. The zero-order valence-corrected chi connectivity index (χ0v) is 13.6. The SMILES string of the molecule is CC(C)c1ccc(S(=O)(=O)N2C3CCNCC2CC3)cc1. The molecule has 2 atom stereocenters. The predicted octanol–water partition coefficient (Wildman–Crippen LogP) is 2.33. The summed E-state index contributed by atoms with van der Waals surface area (Å²) >= 11 is 0. The summed E-state index contributed by atoms with van der Waals surface area (Å²) in [5.41, 5.74) is 1.18. The van der Waals surface area contributed by atoms with Crippen molar-refractivity contribution in [3.05, 3.63) is 29.8 Å². The van der Waals surface area contributed by atoms with Crippen molar-refractivity contribution in [2.24, 2.45) is 0 Å². The average Bonchev–Trinajstić information content (AvgIpc) is 2.73. The molecular formula is C16H24N2O2S. The van der Waals surface area contributed by atoms with Gasteiger partial charge in [-0.3, -0.25) is 0 Å². The Morgan fingerprint density at radius 1 is 1.10 bits per heavy atom. The Morgan fingerprint density at radius 2 is 1.76 bits per heavy atom. The van der Waals surface area contributed by atoms with E-state index in [1.165, 1.54) is 5.56 Å². The summed E-state index contributed by atoms with van der Waals surface area (Å²) in [6.07, 6.45) is 2.89.